The summed E-state index contributed by atoms with van der Waals surface area (Å²) in [5, 5.41) is 0. The Balaban J connectivity index is 1.95. The molecule has 0 saturated carbocycles. The lowest BCUT2D eigenvalue weighted by atomic mass is 9.96. The van der Waals surface area contributed by atoms with E-state index in [0.29, 0.717) is 0 Å². The fourth-order valence-electron chi connectivity index (χ4n) is 2.04. The van der Waals surface area contributed by atoms with Crippen LogP contribution in [0.3, 0.4) is 0 Å². The number of hydrogen-bond donors (Lipinski definition) is 2. The third-order valence-corrected chi connectivity index (χ3v) is 3.04. The lowest BCUT2D eigenvalue weighted by molar-refractivity contribution is -0.125. The smallest absolute Gasteiger partial charge is 0.237 e. The molecule has 6 heteroatoms. The van der Waals surface area contributed by atoms with Crippen molar-refractivity contribution >= 4 is 11.7 Å². The molecule has 92 valence electrons. The van der Waals surface area contributed by atoms with E-state index >= 15 is 0 Å². The first-order chi connectivity index (χ1) is 8.20. The van der Waals surface area contributed by atoms with Crippen LogP contribution < -0.4 is 16.2 Å². The van der Waals surface area contributed by atoms with Gasteiger partial charge < -0.3 is 4.90 Å². The molecule has 1 aromatic heterocycles. The molecule has 1 saturated heterocycles. The summed E-state index contributed by atoms with van der Waals surface area (Å²) in [6, 6.07) is 3.04. The lowest BCUT2D eigenvalue weighted by Gasteiger charge is -2.31. The molecule has 1 aliphatic rings. The Bertz CT molecular complexity index is 387. The molecule has 0 radical (unpaired) electrons. The minimum atomic E-state index is -0.342. The topological polar surface area (TPSA) is 71.2 Å². The summed E-state index contributed by atoms with van der Waals surface area (Å²) in [5.41, 5.74) is 2.17. The van der Waals surface area contributed by atoms with Crippen molar-refractivity contribution in [3.8, 4) is 0 Å². The highest BCUT2D eigenvalue weighted by Gasteiger charge is 2.24. The van der Waals surface area contributed by atoms with Crippen molar-refractivity contribution in [2.75, 3.05) is 18.0 Å². The molecule has 0 bridgehead atoms. The van der Waals surface area contributed by atoms with Crippen LogP contribution in [-0.2, 0) is 4.79 Å². The maximum Gasteiger partial charge on any atom is 0.237 e. The van der Waals surface area contributed by atoms with Crippen molar-refractivity contribution in [2.24, 2.45) is 11.8 Å². The highest BCUT2D eigenvalue weighted by molar-refractivity contribution is 5.78. The molecule has 5 nitrogen and oxygen atoms in total. The first-order valence-electron chi connectivity index (χ1n) is 5.57. The highest BCUT2D eigenvalue weighted by Crippen LogP contribution is 2.21. The van der Waals surface area contributed by atoms with Crippen molar-refractivity contribution in [3.63, 3.8) is 0 Å². The van der Waals surface area contributed by atoms with Gasteiger partial charge >= 0.3 is 0 Å². The SMILES string of the molecule is NNC(=O)C1CCN(c2ccc(F)cn2)CC1. The van der Waals surface area contributed by atoms with Gasteiger partial charge in [-0.25, -0.2) is 15.2 Å². The minimum Gasteiger partial charge on any atom is -0.357 e. The molecule has 1 amide bonds. The van der Waals surface area contributed by atoms with Gasteiger partial charge in [0.2, 0.25) is 5.91 Å². The van der Waals surface area contributed by atoms with Crippen LogP contribution in [0.5, 0.6) is 0 Å². The predicted octanol–water partition coefficient (Wildman–Crippen LogP) is 0.427. The van der Waals surface area contributed by atoms with Gasteiger partial charge in [0.15, 0.2) is 0 Å². The number of rotatable bonds is 2. The van der Waals surface area contributed by atoms with E-state index in [2.05, 4.69) is 10.4 Å². The first-order valence-corrected chi connectivity index (χ1v) is 5.57. The molecule has 0 atom stereocenters. The summed E-state index contributed by atoms with van der Waals surface area (Å²) >= 11 is 0. The van der Waals surface area contributed by atoms with Crippen LogP contribution in [0.15, 0.2) is 18.3 Å². The summed E-state index contributed by atoms with van der Waals surface area (Å²) in [6.07, 6.45) is 2.68. The number of piperidine rings is 1. The molecule has 1 fully saturated rings. The van der Waals surface area contributed by atoms with Crippen LogP contribution >= 0.6 is 0 Å². The van der Waals surface area contributed by atoms with Gasteiger partial charge in [-0.3, -0.25) is 10.2 Å². The van der Waals surface area contributed by atoms with E-state index in [4.69, 9.17) is 5.84 Å². The quantitative estimate of drug-likeness (QED) is 0.445. The maximum atomic E-state index is 12.7. The second-order valence-electron chi connectivity index (χ2n) is 4.10. The monoisotopic (exact) mass is 238 g/mol. The minimum absolute atomic E-state index is 0.0308. The number of pyridine rings is 1. The van der Waals surface area contributed by atoms with Crippen molar-refractivity contribution < 1.29 is 9.18 Å². The van der Waals surface area contributed by atoms with Crippen LogP contribution in [0.25, 0.3) is 0 Å². The molecule has 2 rings (SSSR count). The van der Waals surface area contributed by atoms with Gasteiger partial charge in [-0.2, -0.15) is 0 Å². The van der Waals surface area contributed by atoms with Crippen LogP contribution in [0.4, 0.5) is 10.2 Å². The van der Waals surface area contributed by atoms with E-state index < -0.39 is 0 Å². The Morgan fingerprint density at radius 2 is 2.18 bits per heavy atom. The van der Waals surface area contributed by atoms with Crippen molar-refractivity contribution in [2.45, 2.75) is 12.8 Å². The fourth-order valence-corrected chi connectivity index (χ4v) is 2.04. The van der Waals surface area contributed by atoms with E-state index in [1.165, 1.54) is 12.3 Å². The van der Waals surface area contributed by atoms with Crippen LogP contribution in [0.1, 0.15) is 12.8 Å². The molecule has 17 heavy (non-hydrogen) atoms. The van der Waals surface area contributed by atoms with Gasteiger partial charge in [0.05, 0.1) is 6.20 Å². The summed E-state index contributed by atoms with van der Waals surface area (Å²) in [7, 11) is 0. The van der Waals surface area contributed by atoms with Gasteiger partial charge in [0, 0.05) is 19.0 Å². The third-order valence-electron chi connectivity index (χ3n) is 3.04. The number of anilines is 1. The van der Waals surface area contributed by atoms with Crippen LogP contribution in [-0.4, -0.2) is 24.0 Å². The van der Waals surface area contributed by atoms with Gasteiger partial charge in [0.1, 0.15) is 11.6 Å². The molecule has 1 aliphatic heterocycles. The summed E-state index contributed by atoms with van der Waals surface area (Å²) in [4.78, 5) is 17.4. The summed E-state index contributed by atoms with van der Waals surface area (Å²) in [6.45, 7) is 1.47. The van der Waals surface area contributed by atoms with Gasteiger partial charge in [-0.15, -0.1) is 0 Å². The molecular formula is C11H15FN4O. The first kappa shape index (κ1) is 11.8. The molecule has 0 unspecified atom stereocenters. The average Bonchev–Trinajstić information content (AvgIpc) is 2.39. The number of carbonyl (C=O) groups excluding carboxylic acids is 1. The Morgan fingerprint density at radius 1 is 1.47 bits per heavy atom. The van der Waals surface area contributed by atoms with Gasteiger partial charge in [-0.05, 0) is 25.0 Å². The number of nitrogens with zero attached hydrogens (tertiary/aromatic N) is 2. The van der Waals surface area contributed by atoms with E-state index in [9.17, 15) is 9.18 Å². The van der Waals surface area contributed by atoms with Crippen molar-refractivity contribution in [1.82, 2.24) is 10.4 Å². The zero-order valence-electron chi connectivity index (χ0n) is 9.40. The molecule has 1 aromatic rings. The van der Waals surface area contributed by atoms with Crippen molar-refractivity contribution in [3.05, 3.63) is 24.1 Å². The van der Waals surface area contributed by atoms with Gasteiger partial charge in [-0.1, -0.05) is 0 Å². The average molecular weight is 238 g/mol. The van der Waals surface area contributed by atoms with Crippen LogP contribution in [0.2, 0.25) is 0 Å². The number of nitrogens with two attached hydrogens (primary N) is 1. The van der Waals surface area contributed by atoms with E-state index in [1.807, 2.05) is 4.90 Å². The normalized spacial score (nSPS) is 16.9. The number of halogens is 1. The molecule has 0 spiro atoms. The highest BCUT2D eigenvalue weighted by atomic mass is 19.1. The maximum absolute atomic E-state index is 12.7. The van der Waals surface area contributed by atoms with E-state index in [0.717, 1.165) is 31.7 Å². The Morgan fingerprint density at radius 3 is 2.71 bits per heavy atom. The van der Waals surface area contributed by atoms with Crippen molar-refractivity contribution in [1.29, 1.82) is 0 Å². The standard InChI is InChI=1S/C11H15FN4O/c12-9-1-2-10(14-7-9)16-5-3-8(4-6-16)11(17)15-13/h1-2,7-8H,3-6,13H2,(H,15,17). The summed E-state index contributed by atoms with van der Waals surface area (Å²) < 4.78 is 12.7. The Labute approximate surface area is 98.8 Å². The van der Waals surface area contributed by atoms with E-state index in [-0.39, 0.29) is 17.6 Å². The van der Waals surface area contributed by atoms with Crippen LogP contribution in [0, 0.1) is 11.7 Å². The fraction of sp³-hybridized carbons (Fsp3) is 0.455. The number of aromatic nitrogens is 1. The molecular weight excluding hydrogens is 223 g/mol. The number of hydrogen-bond acceptors (Lipinski definition) is 4. The summed E-state index contributed by atoms with van der Waals surface area (Å²) in [5.74, 6) is 5.36. The van der Waals surface area contributed by atoms with E-state index in [1.54, 1.807) is 6.07 Å². The number of hydrazine groups is 1. The molecule has 2 heterocycles. The second-order valence-corrected chi connectivity index (χ2v) is 4.10. The Kier molecular flexibility index (Phi) is 3.53. The zero-order chi connectivity index (χ0) is 12.3. The lowest BCUT2D eigenvalue weighted by Crippen LogP contribution is -2.42. The number of carbonyl (C=O) groups is 1. The Hall–Kier alpha value is -1.69. The number of nitrogens with one attached hydrogen (secondary N) is 1. The predicted molar refractivity (Wildman–Crippen MR) is 61.5 cm³/mol. The van der Waals surface area contributed by atoms with Gasteiger partial charge in [0.25, 0.3) is 0 Å². The third kappa shape index (κ3) is 2.71. The second kappa shape index (κ2) is 5.09. The zero-order valence-corrected chi connectivity index (χ0v) is 9.40. The molecule has 0 aromatic carbocycles. The largest absolute Gasteiger partial charge is 0.357 e. The molecule has 0 aliphatic carbocycles. The number of amides is 1. The molecule has 3 N–H and O–H groups in total.